The summed E-state index contributed by atoms with van der Waals surface area (Å²) in [7, 11) is 0. The van der Waals surface area contributed by atoms with Gasteiger partial charge in [-0.15, -0.1) is 0 Å². The van der Waals surface area contributed by atoms with Crippen LogP contribution in [0.4, 0.5) is 0 Å². The minimum absolute atomic E-state index is 0. The molecule has 14 heavy (non-hydrogen) atoms. The van der Waals surface area contributed by atoms with Gasteiger partial charge in [-0.3, -0.25) is 4.21 Å². The van der Waals surface area contributed by atoms with Crippen LogP contribution in [0.1, 0.15) is 25.0 Å². The van der Waals surface area contributed by atoms with Crippen molar-refractivity contribution in [1.82, 2.24) is 0 Å². The first-order valence-electron chi connectivity index (χ1n) is 4.40. The van der Waals surface area contributed by atoms with Crippen molar-refractivity contribution < 1.29 is 38.3 Å². The molecule has 1 rings (SSSR count). The topological polar surface area (TPSA) is 40.1 Å². The maximum atomic E-state index is 10.7. The van der Waals surface area contributed by atoms with Gasteiger partial charge >= 0.3 is 29.6 Å². The minimum Gasteiger partial charge on any atom is -0.768 e. The average molecular weight is 220 g/mol. The third kappa shape index (κ3) is 3.48. The third-order valence-corrected chi connectivity index (χ3v) is 2.77. The maximum absolute atomic E-state index is 10.7. The van der Waals surface area contributed by atoms with Crippen LogP contribution in [0.5, 0.6) is 0 Å². The molecule has 1 aromatic carbocycles. The summed E-state index contributed by atoms with van der Waals surface area (Å²) >= 11 is -2.10. The maximum Gasteiger partial charge on any atom is 1.00 e. The first-order chi connectivity index (χ1) is 6.19. The predicted molar refractivity (Wildman–Crippen MR) is 52.4 cm³/mol. The summed E-state index contributed by atoms with van der Waals surface area (Å²) in [5.41, 5.74) is 2.36. The molecule has 0 amide bonds. The normalized spacial score (nSPS) is 11.9. The molecule has 0 saturated heterocycles. The van der Waals surface area contributed by atoms with E-state index in [1.54, 1.807) is 12.1 Å². The van der Waals surface area contributed by atoms with Gasteiger partial charge in [0.25, 0.3) is 0 Å². The Morgan fingerprint density at radius 3 is 2.21 bits per heavy atom. The van der Waals surface area contributed by atoms with Crippen molar-refractivity contribution in [3.05, 3.63) is 29.3 Å². The zero-order chi connectivity index (χ0) is 9.84. The fraction of sp³-hybridized carbons (Fsp3) is 0.400. The third-order valence-electron chi connectivity index (χ3n) is 2.13. The smallest absolute Gasteiger partial charge is 0.768 e. The Morgan fingerprint density at radius 1 is 1.21 bits per heavy atom. The standard InChI is InChI=1S/C10H14O2S.Na/c1-3-8-5-6-10(13(11)12)7-9(8)4-2;/h5-7H,3-4H2,1-2H3,(H,11,12);/q;+1/p-1. The molecule has 0 fully saturated rings. The van der Waals surface area contributed by atoms with E-state index in [2.05, 4.69) is 6.92 Å². The summed E-state index contributed by atoms with van der Waals surface area (Å²) in [6, 6.07) is 5.30. The van der Waals surface area contributed by atoms with Gasteiger partial charge in [-0.1, -0.05) is 19.9 Å². The second-order valence-corrected chi connectivity index (χ2v) is 3.81. The summed E-state index contributed by atoms with van der Waals surface area (Å²) in [6.45, 7) is 4.11. The molecule has 0 aliphatic carbocycles. The monoisotopic (exact) mass is 220 g/mol. The van der Waals surface area contributed by atoms with E-state index < -0.39 is 11.1 Å². The van der Waals surface area contributed by atoms with Crippen molar-refractivity contribution in [3.8, 4) is 0 Å². The largest absolute Gasteiger partial charge is 1.00 e. The van der Waals surface area contributed by atoms with Crippen LogP contribution < -0.4 is 29.6 Å². The second kappa shape index (κ2) is 6.75. The van der Waals surface area contributed by atoms with Crippen molar-refractivity contribution in [2.24, 2.45) is 0 Å². The molecule has 1 atom stereocenters. The Kier molecular flexibility index (Phi) is 6.91. The van der Waals surface area contributed by atoms with Gasteiger partial charge in [0, 0.05) is 4.90 Å². The first kappa shape index (κ1) is 14.3. The molecule has 0 N–H and O–H groups in total. The van der Waals surface area contributed by atoms with Gasteiger partial charge in [-0.25, -0.2) is 0 Å². The SMILES string of the molecule is CCc1ccc(S(=O)[O-])cc1CC.[Na+]. The van der Waals surface area contributed by atoms with Gasteiger partial charge in [0.15, 0.2) is 0 Å². The second-order valence-electron chi connectivity index (χ2n) is 2.87. The van der Waals surface area contributed by atoms with Gasteiger partial charge in [-0.2, -0.15) is 0 Å². The van der Waals surface area contributed by atoms with Gasteiger partial charge in [0.1, 0.15) is 0 Å². The van der Waals surface area contributed by atoms with Gasteiger partial charge in [-0.05, 0) is 47.2 Å². The summed E-state index contributed by atoms with van der Waals surface area (Å²) in [5, 5.41) is 0. The van der Waals surface area contributed by atoms with E-state index in [9.17, 15) is 8.76 Å². The fourth-order valence-electron chi connectivity index (χ4n) is 1.38. The zero-order valence-corrected chi connectivity index (χ0v) is 11.7. The van der Waals surface area contributed by atoms with Gasteiger partial charge < -0.3 is 4.55 Å². The van der Waals surface area contributed by atoms with Crippen molar-refractivity contribution in [2.75, 3.05) is 0 Å². The Morgan fingerprint density at radius 2 is 1.79 bits per heavy atom. The summed E-state index contributed by atoms with van der Waals surface area (Å²) in [5.74, 6) is 0. The molecule has 1 unspecified atom stereocenters. The Hall–Kier alpha value is 0.330. The minimum atomic E-state index is -2.10. The van der Waals surface area contributed by atoms with Crippen LogP contribution >= 0.6 is 0 Å². The molecule has 1 aromatic rings. The van der Waals surface area contributed by atoms with E-state index in [1.807, 2.05) is 13.0 Å². The summed E-state index contributed by atoms with van der Waals surface area (Å²) in [6.07, 6.45) is 1.84. The van der Waals surface area contributed by atoms with E-state index in [-0.39, 0.29) is 29.6 Å². The molecule has 0 aliphatic heterocycles. The van der Waals surface area contributed by atoms with Crippen LogP contribution in [0.3, 0.4) is 0 Å². The van der Waals surface area contributed by atoms with Crippen LogP contribution in [0.15, 0.2) is 23.1 Å². The van der Waals surface area contributed by atoms with E-state index in [4.69, 9.17) is 0 Å². The number of benzene rings is 1. The number of hydrogen-bond acceptors (Lipinski definition) is 2. The first-order valence-corrected chi connectivity index (χ1v) is 5.47. The molecule has 2 nitrogen and oxygen atoms in total. The predicted octanol–water partition coefficient (Wildman–Crippen LogP) is -0.947. The van der Waals surface area contributed by atoms with Crippen molar-refractivity contribution >= 4 is 11.1 Å². The Labute approximate surface area is 110 Å². The number of hydrogen-bond donors (Lipinski definition) is 0. The number of rotatable bonds is 3. The summed E-state index contributed by atoms with van der Waals surface area (Å²) < 4.78 is 21.3. The molecule has 0 radical (unpaired) electrons. The molecule has 72 valence electrons. The average Bonchev–Trinajstić information content (AvgIpc) is 2.16. The molecule has 0 aliphatic rings. The van der Waals surface area contributed by atoms with Gasteiger partial charge in [0.05, 0.1) is 0 Å². The van der Waals surface area contributed by atoms with Crippen molar-refractivity contribution in [2.45, 2.75) is 31.6 Å². The quantitative estimate of drug-likeness (QED) is 0.487. The van der Waals surface area contributed by atoms with Crippen LogP contribution in [0.2, 0.25) is 0 Å². The Balaban J connectivity index is 0.00000169. The van der Waals surface area contributed by atoms with E-state index in [0.717, 1.165) is 18.4 Å². The van der Waals surface area contributed by atoms with E-state index >= 15 is 0 Å². The van der Waals surface area contributed by atoms with E-state index in [0.29, 0.717) is 4.90 Å². The molecule has 4 heteroatoms. The molecule has 0 heterocycles. The van der Waals surface area contributed by atoms with E-state index in [1.165, 1.54) is 5.56 Å². The Bertz CT molecular complexity index is 326. The molecule has 0 spiro atoms. The molecular weight excluding hydrogens is 207 g/mol. The van der Waals surface area contributed by atoms with Crippen LogP contribution in [0, 0.1) is 0 Å². The number of aryl methyl sites for hydroxylation is 2. The van der Waals surface area contributed by atoms with Crippen LogP contribution in [-0.4, -0.2) is 8.76 Å². The van der Waals surface area contributed by atoms with Crippen LogP contribution in [-0.2, 0) is 23.9 Å². The molecule has 0 bridgehead atoms. The zero-order valence-electron chi connectivity index (χ0n) is 8.87. The van der Waals surface area contributed by atoms with Gasteiger partial charge in [0.2, 0.25) is 0 Å². The van der Waals surface area contributed by atoms with Crippen molar-refractivity contribution in [1.29, 1.82) is 0 Å². The van der Waals surface area contributed by atoms with Crippen molar-refractivity contribution in [3.63, 3.8) is 0 Å². The summed E-state index contributed by atoms with van der Waals surface area (Å²) in [4.78, 5) is 0.383. The molecule has 0 aromatic heterocycles. The molecular formula is C10H13NaO2S. The molecule has 0 saturated carbocycles. The fourth-order valence-corrected chi connectivity index (χ4v) is 1.80. The van der Waals surface area contributed by atoms with Crippen LogP contribution in [0.25, 0.3) is 0 Å².